The highest BCUT2D eigenvalue weighted by molar-refractivity contribution is 5.65. The molecule has 0 atom stereocenters. The van der Waals surface area contributed by atoms with E-state index in [0.29, 0.717) is 5.56 Å². The van der Waals surface area contributed by atoms with Gasteiger partial charge in [-0.1, -0.05) is 30.3 Å². The van der Waals surface area contributed by atoms with Crippen LogP contribution < -0.4 is 5.73 Å². The zero-order chi connectivity index (χ0) is 11.8. The highest BCUT2D eigenvalue weighted by Crippen LogP contribution is 2.54. The molecule has 0 unspecified atom stereocenters. The Morgan fingerprint density at radius 1 is 1.25 bits per heavy atom. The molecule has 1 saturated carbocycles. The van der Waals surface area contributed by atoms with E-state index in [1.165, 1.54) is 0 Å². The second-order valence-electron chi connectivity index (χ2n) is 3.99. The second-order valence-corrected chi connectivity index (χ2v) is 3.99. The van der Waals surface area contributed by atoms with Gasteiger partial charge >= 0.3 is 6.09 Å². The summed E-state index contributed by atoms with van der Waals surface area (Å²) in [6, 6.07) is 8.48. The molecule has 1 amide bonds. The third kappa shape index (κ3) is 1.85. The molecule has 1 aliphatic carbocycles. The number of amides is 1. The SMILES string of the molecule is NC(=O)OC1(c2ccccc2)CC(F)(F)C1. The molecule has 0 heterocycles. The van der Waals surface area contributed by atoms with Crippen LogP contribution in [0.4, 0.5) is 13.6 Å². The van der Waals surface area contributed by atoms with Gasteiger partial charge in [0.1, 0.15) is 0 Å². The number of ether oxygens (including phenoxy) is 1. The summed E-state index contributed by atoms with van der Waals surface area (Å²) >= 11 is 0. The predicted octanol–water partition coefficient (Wildman–Crippen LogP) is 2.41. The fourth-order valence-electron chi connectivity index (χ4n) is 2.05. The van der Waals surface area contributed by atoms with Gasteiger partial charge in [0.25, 0.3) is 5.92 Å². The van der Waals surface area contributed by atoms with E-state index >= 15 is 0 Å². The van der Waals surface area contributed by atoms with E-state index in [-0.39, 0.29) is 0 Å². The normalized spacial score (nSPS) is 20.9. The lowest BCUT2D eigenvalue weighted by atomic mass is 9.72. The van der Waals surface area contributed by atoms with E-state index in [4.69, 9.17) is 10.5 Å². The third-order valence-corrected chi connectivity index (χ3v) is 2.68. The zero-order valence-electron chi connectivity index (χ0n) is 8.45. The number of carbonyl (C=O) groups is 1. The minimum absolute atomic E-state index is 0.507. The first-order valence-corrected chi connectivity index (χ1v) is 4.85. The second kappa shape index (κ2) is 3.43. The van der Waals surface area contributed by atoms with Crippen LogP contribution >= 0.6 is 0 Å². The van der Waals surface area contributed by atoms with Crippen LogP contribution in [0.1, 0.15) is 18.4 Å². The van der Waals surface area contributed by atoms with Crippen molar-refractivity contribution < 1.29 is 18.3 Å². The number of halogens is 2. The number of primary amides is 1. The van der Waals surface area contributed by atoms with Crippen LogP contribution in [0.3, 0.4) is 0 Å². The molecular formula is C11H11F2NO2. The zero-order valence-corrected chi connectivity index (χ0v) is 8.45. The summed E-state index contributed by atoms with van der Waals surface area (Å²) in [4.78, 5) is 10.7. The molecule has 86 valence electrons. The molecular weight excluding hydrogens is 216 g/mol. The van der Waals surface area contributed by atoms with Gasteiger partial charge in [0, 0.05) is 0 Å². The first kappa shape index (κ1) is 10.9. The first-order valence-electron chi connectivity index (χ1n) is 4.85. The lowest BCUT2D eigenvalue weighted by molar-refractivity contribution is -0.208. The molecule has 5 heteroatoms. The Kier molecular flexibility index (Phi) is 2.33. The monoisotopic (exact) mass is 227 g/mol. The molecule has 1 aliphatic rings. The first-order chi connectivity index (χ1) is 7.44. The Labute approximate surface area is 91.2 Å². The van der Waals surface area contributed by atoms with Crippen molar-refractivity contribution in [3.8, 4) is 0 Å². The summed E-state index contributed by atoms with van der Waals surface area (Å²) in [5, 5.41) is 0. The highest BCUT2D eigenvalue weighted by atomic mass is 19.3. The van der Waals surface area contributed by atoms with Crippen molar-refractivity contribution in [1.29, 1.82) is 0 Å². The number of hydrogen-bond donors (Lipinski definition) is 1. The Morgan fingerprint density at radius 2 is 1.81 bits per heavy atom. The molecule has 0 spiro atoms. The lowest BCUT2D eigenvalue weighted by Crippen LogP contribution is -2.52. The summed E-state index contributed by atoms with van der Waals surface area (Å²) in [6.45, 7) is 0. The average Bonchev–Trinajstić information content (AvgIpc) is 2.15. The van der Waals surface area contributed by atoms with Gasteiger partial charge in [-0.3, -0.25) is 0 Å². The van der Waals surface area contributed by atoms with Crippen molar-refractivity contribution >= 4 is 6.09 Å². The largest absolute Gasteiger partial charge is 0.438 e. The number of benzene rings is 1. The van der Waals surface area contributed by atoms with E-state index in [9.17, 15) is 13.6 Å². The molecule has 16 heavy (non-hydrogen) atoms. The molecule has 1 fully saturated rings. The smallest absolute Gasteiger partial charge is 0.405 e. The van der Waals surface area contributed by atoms with Gasteiger partial charge in [-0.2, -0.15) is 0 Å². The van der Waals surface area contributed by atoms with Crippen LogP contribution in [0.15, 0.2) is 30.3 Å². The number of nitrogens with two attached hydrogens (primary N) is 1. The van der Waals surface area contributed by atoms with E-state index in [2.05, 4.69) is 0 Å². The van der Waals surface area contributed by atoms with E-state index in [1.807, 2.05) is 0 Å². The highest BCUT2D eigenvalue weighted by Gasteiger charge is 2.60. The fourth-order valence-corrected chi connectivity index (χ4v) is 2.05. The van der Waals surface area contributed by atoms with Gasteiger partial charge in [0.15, 0.2) is 5.60 Å². The molecule has 0 bridgehead atoms. The fraction of sp³-hybridized carbons (Fsp3) is 0.364. The van der Waals surface area contributed by atoms with Crippen molar-refractivity contribution in [1.82, 2.24) is 0 Å². The van der Waals surface area contributed by atoms with Crippen molar-refractivity contribution in [2.24, 2.45) is 5.73 Å². The molecule has 1 aromatic rings. The van der Waals surface area contributed by atoms with Gasteiger partial charge in [0.2, 0.25) is 0 Å². The molecule has 0 radical (unpaired) electrons. The van der Waals surface area contributed by atoms with Gasteiger partial charge in [0.05, 0.1) is 12.8 Å². The number of rotatable bonds is 2. The maximum Gasteiger partial charge on any atom is 0.405 e. The predicted molar refractivity (Wildman–Crippen MR) is 53.0 cm³/mol. The van der Waals surface area contributed by atoms with Crippen LogP contribution in [0.25, 0.3) is 0 Å². The summed E-state index contributed by atoms with van der Waals surface area (Å²) in [6.07, 6.45) is -2.04. The Hall–Kier alpha value is -1.65. The Morgan fingerprint density at radius 3 is 2.25 bits per heavy atom. The topological polar surface area (TPSA) is 52.3 Å². The van der Waals surface area contributed by atoms with Crippen LogP contribution in [0.5, 0.6) is 0 Å². The summed E-state index contributed by atoms with van der Waals surface area (Å²) in [5.74, 6) is -2.79. The summed E-state index contributed by atoms with van der Waals surface area (Å²) in [5.41, 5.74) is 4.21. The number of hydrogen-bond acceptors (Lipinski definition) is 2. The van der Waals surface area contributed by atoms with Crippen LogP contribution in [-0.2, 0) is 10.3 Å². The van der Waals surface area contributed by atoms with Gasteiger partial charge < -0.3 is 10.5 Å². The van der Waals surface area contributed by atoms with Gasteiger partial charge in [-0.25, -0.2) is 13.6 Å². The van der Waals surface area contributed by atoms with Crippen molar-refractivity contribution in [3.63, 3.8) is 0 Å². The van der Waals surface area contributed by atoms with Gasteiger partial charge in [-0.15, -0.1) is 0 Å². The minimum atomic E-state index is -2.79. The van der Waals surface area contributed by atoms with E-state index in [1.54, 1.807) is 30.3 Å². The van der Waals surface area contributed by atoms with E-state index in [0.717, 1.165) is 0 Å². The number of alkyl halides is 2. The molecule has 2 N–H and O–H groups in total. The van der Waals surface area contributed by atoms with Crippen LogP contribution in [0.2, 0.25) is 0 Å². The Balaban J connectivity index is 2.27. The molecule has 2 rings (SSSR count). The third-order valence-electron chi connectivity index (χ3n) is 2.68. The molecule has 3 nitrogen and oxygen atoms in total. The Bertz CT molecular complexity index is 398. The van der Waals surface area contributed by atoms with Crippen LogP contribution in [0, 0.1) is 0 Å². The van der Waals surface area contributed by atoms with Crippen molar-refractivity contribution in [2.45, 2.75) is 24.4 Å². The molecule has 0 saturated heterocycles. The quantitative estimate of drug-likeness (QED) is 0.843. The maximum atomic E-state index is 12.9. The standard InChI is InChI=1S/C11H11F2NO2/c12-11(13)6-10(7-11,16-9(14)15)8-4-2-1-3-5-8/h1-5H,6-7H2,(H2,14,15). The van der Waals surface area contributed by atoms with Gasteiger partial charge in [-0.05, 0) is 5.56 Å². The maximum absolute atomic E-state index is 12.9. The summed E-state index contributed by atoms with van der Waals surface area (Å²) < 4.78 is 30.7. The molecule has 1 aromatic carbocycles. The average molecular weight is 227 g/mol. The van der Waals surface area contributed by atoms with E-state index < -0.39 is 30.5 Å². The van der Waals surface area contributed by atoms with Crippen LogP contribution in [-0.4, -0.2) is 12.0 Å². The number of carbonyl (C=O) groups excluding carboxylic acids is 1. The lowest BCUT2D eigenvalue weighted by Gasteiger charge is -2.46. The minimum Gasteiger partial charge on any atom is -0.438 e. The molecule has 0 aromatic heterocycles. The molecule has 0 aliphatic heterocycles. The van der Waals surface area contributed by atoms with Crippen molar-refractivity contribution in [3.05, 3.63) is 35.9 Å². The van der Waals surface area contributed by atoms with Crippen molar-refractivity contribution in [2.75, 3.05) is 0 Å². The summed E-state index contributed by atoms with van der Waals surface area (Å²) in [7, 11) is 0.